The lowest BCUT2D eigenvalue weighted by atomic mass is 9.83. The average Bonchev–Trinajstić information content (AvgIpc) is 1.84. The van der Waals surface area contributed by atoms with Gasteiger partial charge < -0.3 is 5.73 Å². The van der Waals surface area contributed by atoms with E-state index in [1.54, 1.807) is 0 Å². The van der Waals surface area contributed by atoms with Crippen molar-refractivity contribution in [1.82, 2.24) is 4.90 Å². The molecule has 0 spiro atoms. The van der Waals surface area contributed by atoms with E-state index < -0.39 is 0 Å². The van der Waals surface area contributed by atoms with Crippen LogP contribution in [-0.4, -0.2) is 25.2 Å². The molecular weight excluding hydrogens is 124 g/mol. The molecule has 0 aromatic rings. The molecule has 2 heteroatoms. The number of hydrogen-bond acceptors (Lipinski definition) is 2. The van der Waals surface area contributed by atoms with Crippen LogP contribution < -0.4 is 5.73 Å². The Balaban J connectivity index is 1.93. The molecule has 0 heterocycles. The van der Waals surface area contributed by atoms with Gasteiger partial charge in [0.15, 0.2) is 0 Å². The van der Waals surface area contributed by atoms with Crippen molar-refractivity contribution in [1.29, 1.82) is 0 Å². The molecule has 0 radical (unpaired) electrons. The second kappa shape index (κ2) is 3.94. The summed E-state index contributed by atoms with van der Waals surface area (Å²) in [6, 6.07) is 0. The van der Waals surface area contributed by atoms with Crippen molar-refractivity contribution in [3.8, 4) is 0 Å². The van der Waals surface area contributed by atoms with Crippen LogP contribution in [0, 0.1) is 5.92 Å². The fourth-order valence-corrected chi connectivity index (χ4v) is 1.28. The van der Waals surface area contributed by atoms with Gasteiger partial charge in [0.05, 0.1) is 0 Å². The van der Waals surface area contributed by atoms with E-state index in [1.807, 2.05) is 0 Å². The van der Waals surface area contributed by atoms with Gasteiger partial charge in [-0.15, -0.1) is 0 Å². The topological polar surface area (TPSA) is 29.3 Å². The Kier molecular flexibility index (Phi) is 3.16. The van der Waals surface area contributed by atoms with E-state index in [1.165, 1.54) is 32.2 Å². The largest absolute Gasteiger partial charge is 0.318 e. The van der Waals surface area contributed by atoms with Crippen LogP contribution in [0.3, 0.4) is 0 Å². The molecule has 60 valence electrons. The van der Waals surface area contributed by atoms with Gasteiger partial charge in [-0.3, -0.25) is 4.90 Å². The Hall–Kier alpha value is -0.0800. The van der Waals surface area contributed by atoms with Gasteiger partial charge in [0.2, 0.25) is 0 Å². The molecule has 0 aromatic carbocycles. The number of hydrogen-bond donors (Lipinski definition) is 1. The van der Waals surface area contributed by atoms with E-state index in [2.05, 4.69) is 11.9 Å². The molecule has 0 bridgehead atoms. The monoisotopic (exact) mass is 142 g/mol. The summed E-state index contributed by atoms with van der Waals surface area (Å²) < 4.78 is 0. The standard InChI is InChI=1S/C8H18N2/c1-10(7-9)6-5-8-3-2-4-8/h8H,2-7,9H2,1H3. The van der Waals surface area contributed by atoms with Crippen molar-refractivity contribution in [3.05, 3.63) is 0 Å². The molecule has 0 aliphatic heterocycles. The molecule has 0 unspecified atom stereocenters. The summed E-state index contributed by atoms with van der Waals surface area (Å²) >= 11 is 0. The van der Waals surface area contributed by atoms with Gasteiger partial charge in [0.25, 0.3) is 0 Å². The van der Waals surface area contributed by atoms with Crippen molar-refractivity contribution in [2.75, 3.05) is 20.3 Å². The zero-order valence-electron chi connectivity index (χ0n) is 6.84. The molecule has 2 N–H and O–H groups in total. The zero-order chi connectivity index (χ0) is 7.40. The molecule has 1 fully saturated rings. The smallest absolute Gasteiger partial charge is 0.0452 e. The minimum absolute atomic E-state index is 0.701. The van der Waals surface area contributed by atoms with Crippen LogP contribution in [-0.2, 0) is 0 Å². The SMILES string of the molecule is CN(CN)CCC1CCC1. The fraction of sp³-hybridized carbons (Fsp3) is 1.00. The first-order valence-electron chi connectivity index (χ1n) is 4.21. The highest BCUT2D eigenvalue weighted by Crippen LogP contribution is 2.29. The summed E-state index contributed by atoms with van der Waals surface area (Å²) in [4.78, 5) is 2.18. The van der Waals surface area contributed by atoms with E-state index in [-0.39, 0.29) is 0 Å². The maximum Gasteiger partial charge on any atom is 0.0452 e. The molecule has 10 heavy (non-hydrogen) atoms. The predicted octanol–water partition coefficient (Wildman–Crippen LogP) is 1.02. The molecule has 0 atom stereocenters. The van der Waals surface area contributed by atoms with E-state index in [4.69, 9.17) is 5.73 Å². The van der Waals surface area contributed by atoms with Crippen LogP contribution in [0.5, 0.6) is 0 Å². The molecule has 0 saturated heterocycles. The summed E-state index contributed by atoms with van der Waals surface area (Å²) in [6.45, 7) is 1.88. The van der Waals surface area contributed by atoms with Crippen LogP contribution >= 0.6 is 0 Å². The molecule has 1 rings (SSSR count). The van der Waals surface area contributed by atoms with Gasteiger partial charge in [-0.1, -0.05) is 19.3 Å². The lowest BCUT2D eigenvalue weighted by Crippen LogP contribution is -2.28. The Morgan fingerprint density at radius 3 is 2.60 bits per heavy atom. The van der Waals surface area contributed by atoms with Crippen molar-refractivity contribution in [2.45, 2.75) is 25.7 Å². The zero-order valence-corrected chi connectivity index (χ0v) is 6.84. The third-order valence-electron chi connectivity index (χ3n) is 2.46. The Bertz CT molecular complexity index is 84.5. The molecular formula is C8H18N2. The quantitative estimate of drug-likeness (QED) is 0.594. The molecule has 0 amide bonds. The number of nitrogens with zero attached hydrogens (tertiary/aromatic N) is 1. The second-order valence-corrected chi connectivity index (χ2v) is 3.35. The van der Waals surface area contributed by atoms with Crippen molar-refractivity contribution in [3.63, 3.8) is 0 Å². The Labute approximate surface area is 63.4 Å². The highest BCUT2D eigenvalue weighted by atomic mass is 15.1. The molecule has 1 aliphatic carbocycles. The Morgan fingerprint density at radius 1 is 1.50 bits per heavy atom. The van der Waals surface area contributed by atoms with Crippen LogP contribution in [0.25, 0.3) is 0 Å². The lowest BCUT2D eigenvalue weighted by Gasteiger charge is -2.27. The Morgan fingerprint density at radius 2 is 2.20 bits per heavy atom. The third-order valence-corrected chi connectivity index (χ3v) is 2.46. The van der Waals surface area contributed by atoms with E-state index in [0.717, 1.165) is 5.92 Å². The first-order chi connectivity index (χ1) is 4.83. The van der Waals surface area contributed by atoms with Gasteiger partial charge in [0, 0.05) is 6.67 Å². The lowest BCUT2D eigenvalue weighted by molar-refractivity contribution is 0.242. The first-order valence-corrected chi connectivity index (χ1v) is 4.21. The molecule has 2 nitrogen and oxygen atoms in total. The van der Waals surface area contributed by atoms with E-state index in [9.17, 15) is 0 Å². The van der Waals surface area contributed by atoms with E-state index >= 15 is 0 Å². The fourth-order valence-electron chi connectivity index (χ4n) is 1.28. The van der Waals surface area contributed by atoms with Crippen LogP contribution in [0.4, 0.5) is 0 Å². The van der Waals surface area contributed by atoms with Gasteiger partial charge >= 0.3 is 0 Å². The average molecular weight is 142 g/mol. The molecule has 1 saturated carbocycles. The summed E-state index contributed by atoms with van der Waals surface area (Å²) in [5.41, 5.74) is 5.44. The van der Waals surface area contributed by atoms with Crippen LogP contribution in [0.2, 0.25) is 0 Å². The van der Waals surface area contributed by atoms with Gasteiger partial charge in [-0.2, -0.15) is 0 Å². The molecule has 0 aromatic heterocycles. The van der Waals surface area contributed by atoms with Gasteiger partial charge in [-0.25, -0.2) is 0 Å². The van der Waals surface area contributed by atoms with Crippen LogP contribution in [0.15, 0.2) is 0 Å². The summed E-state index contributed by atoms with van der Waals surface area (Å²) in [7, 11) is 2.08. The summed E-state index contributed by atoms with van der Waals surface area (Å²) in [5, 5.41) is 0. The number of nitrogens with two attached hydrogens (primary N) is 1. The number of rotatable bonds is 4. The third kappa shape index (κ3) is 2.27. The maximum absolute atomic E-state index is 5.44. The minimum atomic E-state index is 0.701. The minimum Gasteiger partial charge on any atom is -0.318 e. The second-order valence-electron chi connectivity index (χ2n) is 3.35. The molecule has 1 aliphatic rings. The highest BCUT2D eigenvalue weighted by molar-refractivity contribution is 4.70. The summed E-state index contributed by atoms with van der Waals surface area (Å²) in [5.74, 6) is 1.02. The van der Waals surface area contributed by atoms with Crippen LogP contribution in [0.1, 0.15) is 25.7 Å². The van der Waals surface area contributed by atoms with Crippen molar-refractivity contribution in [2.24, 2.45) is 11.7 Å². The maximum atomic E-state index is 5.44. The van der Waals surface area contributed by atoms with Gasteiger partial charge in [-0.05, 0) is 25.9 Å². The summed E-state index contributed by atoms with van der Waals surface area (Å²) in [6.07, 6.45) is 5.72. The van der Waals surface area contributed by atoms with E-state index in [0.29, 0.717) is 6.67 Å². The highest BCUT2D eigenvalue weighted by Gasteiger charge is 2.16. The van der Waals surface area contributed by atoms with Crippen molar-refractivity contribution >= 4 is 0 Å². The van der Waals surface area contributed by atoms with Gasteiger partial charge in [0.1, 0.15) is 0 Å². The predicted molar refractivity (Wildman–Crippen MR) is 43.6 cm³/mol. The first kappa shape index (κ1) is 8.02. The van der Waals surface area contributed by atoms with Crippen molar-refractivity contribution < 1.29 is 0 Å². The normalized spacial score (nSPS) is 19.5.